The van der Waals surface area contributed by atoms with Crippen LogP contribution in [0.3, 0.4) is 0 Å². The predicted molar refractivity (Wildman–Crippen MR) is 112 cm³/mol. The van der Waals surface area contributed by atoms with Crippen LogP contribution in [0.2, 0.25) is 0 Å². The Hall–Kier alpha value is -3.52. The van der Waals surface area contributed by atoms with E-state index in [1.54, 1.807) is 29.2 Å². The number of ether oxygens (including phenoxy) is 2. The molecule has 1 aromatic heterocycles. The summed E-state index contributed by atoms with van der Waals surface area (Å²) in [5.74, 6) is -1.52. The summed E-state index contributed by atoms with van der Waals surface area (Å²) in [6.07, 6.45) is 1.56. The highest BCUT2D eigenvalue weighted by Gasteiger charge is 2.44. The highest BCUT2D eigenvalue weighted by Crippen LogP contribution is 2.39. The van der Waals surface area contributed by atoms with Gasteiger partial charge in [0.25, 0.3) is 5.91 Å². The maximum Gasteiger partial charge on any atom is 0.337 e. The summed E-state index contributed by atoms with van der Waals surface area (Å²) in [6, 6.07) is 9.43. The van der Waals surface area contributed by atoms with Gasteiger partial charge in [-0.2, -0.15) is 0 Å². The second-order valence-corrected chi connectivity index (χ2v) is 7.92. The maximum absolute atomic E-state index is 13.8. The fraction of sp³-hybridized carbons (Fsp3) is 0.292. The van der Waals surface area contributed by atoms with Crippen molar-refractivity contribution < 1.29 is 27.9 Å². The van der Waals surface area contributed by atoms with Crippen molar-refractivity contribution in [2.45, 2.75) is 25.0 Å². The smallest absolute Gasteiger partial charge is 0.337 e. The SMILES string of the molecule is COC(=O)c1ccc([C@@H]2c3c(oc4ccc(F)cc4c3=O)C(=O)N2C[C@H]2CCCO2)cc1. The van der Waals surface area contributed by atoms with Crippen LogP contribution in [0.15, 0.2) is 51.7 Å². The molecule has 0 bridgehead atoms. The van der Waals surface area contributed by atoms with Gasteiger partial charge < -0.3 is 18.8 Å². The van der Waals surface area contributed by atoms with Crippen molar-refractivity contribution in [3.05, 3.63) is 81.0 Å². The van der Waals surface area contributed by atoms with Crippen LogP contribution in [-0.2, 0) is 9.47 Å². The van der Waals surface area contributed by atoms with Crippen LogP contribution in [0.1, 0.15) is 50.9 Å². The van der Waals surface area contributed by atoms with Gasteiger partial charge in [-0.15, -0.1) is 0 Å². The van der Waals surface area contributed by atoms with Crippen LogP contribution in [0.25, 0.3) is 11.0 Å². The number of esters is 1. The van der Waals surface area contributed by atoms with E-state index in [0.717, 1.165) is 18.9 Å². The molecule has 0 saturated carbocycles. The van der Waals surface area contributed by atoms with Gasteiger partial charge in [0.15, 0.2) is 5.43 Å². The quantitative estimate of drug-likeness (QED) is 0.582. The summed E-state index contributed by atoms with van der Waals surface area (Å²) >= 11 is 0. The van der Waals surface area contributed by atoms with Gasteiger partial charge in [0.2, 0.25) is 5.76 Å². The van der Waals surface area contributed by atoms with Crippen LogP contribution < -0.4 is 5.43 Å². The molecule has 0 radical (unpaired) electrons. The minimum Gasteiger partial charge on any atom is -0.465 e. The van der Waals surface area contributed by atoms with E-state index < -0.39 is 29.2 Å². The average molecular weight is 437 g/mol. The largest absolute Gasteiger partial charge is 0.465 e. The molecule has 1 amide bonds. The monoisotopic (exact) mass is 437 g/mol. The number of benzene rings is 2. The van der Waals surface area contributed by atoms with E-state index >= 15 is 0 Å². The fourth-order valence-corrected chi connectivity index (χ4v) is 4.45. The number of hydrogen-bond donors (Lipinski definition) is 0. The molecule has 2 aromatic carbocycles. The number of amides is 1. The lowest BCUT2D eigenvalue weighted by molar-refractivity contribution is 0.0486. The molecule has 0 spiro atoms. The Labute approximate surface area is 182 Å². The molecule has 7 nitrogen and oxygen atoms in total. The minimum atomic E-state index is -0.739. The van der Waals surface area contributed by atoms with E-state index in [1.807, 2.05) is 0 Å². The molecular weight excluding hydrogens is 417 g/mol. The van der Waals surface area contributed by atoms with Gasteiger partial charge in [-0.25, -0.2) is 9.18 Å². The fourth-order valence-electron chi connectivity index (χ4n) is 4.45. The van der Waals surface area contributed by atoms with Crippen LogP contribution in [-0.4, -0.2) is 43.1 Å². The molecule has 3 aromatic rings. The first-order valence-corrected chi connectivity index (χ1v) is 10.3. The summed E-state index contributed by atoms with van der Waals surface area (Å²) in [4.78, 5) is 40.1. The molecule has 164 valence electrons. The van der Waals surface area contributed by atoms with Crippen molar-refractivity contribution in [3.63, 3.8) is 0 Å². The number of carbonyl (C=O) groups excluding carboxylic acids is 2. The molecule has 5 rings (SSSR count). The van der Waals surface area contributed by atoms with Gasteiger partial charge in [-0.3, -0.25) is 9.59 Å². The van der Waals surface area contributed by atoms with Crippen LogP contribution >= 0.6 is 0 Å². The maximum atomic E-state index is 13.8. The molecule has 32 heavy (non-hydrogen) atoms. The standard InChI is InChI=1S/C24H20FNO6/c1-30-24(29)14-6-4-13(5-7-14)20-19-21(27)17-11-15(25)8-9-18(17)32-22(19)23(28)26(20)12-16-3-2-10-31-16/h4-9,11,16,20H,2-3,10,12H2,1H3/t16-,20-/m1/s1. The van der Waals surface area contributed by atoms with Crippen molar-refractivity contribution in [1.82, 2.24) is 4.90 Å². The van der Waals surface area contributed by atoms with Crippen LogP contribution in [0.5, 0.6) is 0 Å². The second kappa shape index (κ2) is 7.87. The highest BCUT2D eigenvalue weighted by atomic mass is 19.1. The Balaban J connectivity index is 1.66. The summed E-state index contributed by atoms with van der Waals surface area (Å²) in [5, 5.41) is 0.0756. The number of methoxy groups -OCH3 is 1. The van der Waals surface area contributed by atoms with Crippen molar-refractivity contribution in [2.24, 2.45) is 0 Å². The molecule has 3 heterocycles. The number of carbonyl (C=O) groups is 2. The summed E-state index contributed by atoms with van der Waals surface area (Å²) in [7, 11) is 1.29. The van der Waals surface area contributed by atoms with E-state index in [4.69, 9.17) is 13.9 Å². The van der Waals surface area contributed by atoms with Gasteiger partial charge in [0, 0.05) is 13.2 Å². The third-order valence-electron chi connectivity index (χ3n) is 6.00. The third kappa shape index (κ3) is 3.27. The Bertz CT molecular complexity index is 1280. The number of rotatable bonds is 4. The molecule has 2 aliphatic heterocycles. The number of nitrogens with zero attached hydrogens (tertiary/aromatic N) is 1. The van der Waals surface area contributed by atoms with E-state index in [2.05, 4.69) is 0 Å². The Kier molecular flexibility index (Phi) is 5.01. The summed E-state index contributed by atoms with van der Waals surface area (Å²) in [5.41, 5.74) is 0.843. The van der Waals surface area contributed by atoms with E-state index in [-0.39, 0.29) is 34.9 Å². The Morgan fingerprint density at radius 1 is 1.19 bits per heavy atom. The van der Waals surface area contributed by atoms with Gasteiger partial charge in [-0.1, -0.05) is 12.1 Å². The molecule has 2 atom stereocenters. The predicted octanol–water partition coefficient (Wildman–Crippen LogP) is 3.44. The zero-order valence-electron chi connectivity index (χ0n) is 17.3. The van der Waals surface area contributed by atoms with Crippen LogP contribution in [0, 0.1) is 5.82 Å². The minimum absolute atomic E-state index is 0.0471. The normalized spacial score (nSPS) is 20.1. The zero-order valence-corrected chi connectivity index (χ0v) is 17.3. The lowest BCUT2D eigenvalue weighted by Crippen LogP contribution is -2.36. The van der Waals surface area contributed by atoms with Crippen molar-refractivity contribution in [3.8, 4) is 0 Å². The van der Waals surface area contributed by atoms with Crippen molar-refractivity contribution >= 4 is 22.8 Å². The lowest BCUT2D eigenvalue weighted by atomic mass is 9.97. The third-order valence-corrected chi connectivity index (χ3v) is 6.00. The van der Waals surface area contributed by atoms with Gasteiger partial charge in [-0.05, 0) is 48.7 Å². The second-order valence-electron chi connectivity index (χ2n) is 7.92. The van der Waals surface area contributed by atoms with E-state index in [9.17, 15) is 18.8 Å². The molecular formula is C24H20FNO6. The van der Waals surface area contributed by atoms with Crippen molar-refractivity contribution in [2.75, 3.05) is 20.3 Å². The lowest BCUT2D eigenvalue weighted by Gasteiger charge is -2.27. The number of hydrogen-bond acceptors (Lipinski definition) is 6. The first kappa shape index (κ1) is 20.4. The summed E-state index contributed by atoms with van der Waals surface area (Å²) in [6.45, 7) is 0.912. The molecule has 0 N–H and O–H groups in total. The number of halogens is 1. The van der Waals surface area contributed by atoms with E-state index in [0.29, 0.717) is 17.7 Å². The molecule has 0 aliphatic carbocycles. The molecule has 1 saturated heterocycles. The van der Waals surface area contributed by atoms with Gasteiger partial charge in [0.05, 0.1) is 35.8 Å². The molecule has 0 unspecified atom stereocenters. The number of fused-ring (bicyclic) bond motifs is 2. The first-order valence-electron chi connectivity index (χ1n) is 10.3. The Morgan fingerprint density at radius 3 is 2.66 bits per heavy atom. The first-order chi connectivity index (χ1) is 15.5. The topological polar surface area (TPSA) is 86.0 Å². The van der Waals surface area contributed by atoms with Gasteiger partial charge in [0.1, 0.15) is 11.4 Å². The average Bonchev–Trinajstić information content (AvgIpc) is 3.41. The van der Waals surface area contributed by atoms with Crippen LogP contribution in [0.4, 0.5) is 4.39 Å². The Morgan fingerprint density at radius 2 is 1.97 bits per heavy atom. The summed E-state index contributed by atoms with van der Waals surface area (Å²) < 4.78 is 30.1. The molecule has 2 aliphatic rings. The molecule has 1 fully saturated rings. The zero-order chi connectivity index (χ0) is 22.4. The van der Waals surface area contributed by atoms with Gasteiger partial charge >= 0.3 is 5.97 Å². The molecule has 8 heteroatoms. The van der Waals surface area contributed by atoms with E-state index in [1.165, 1.54) is 19.2 Å². The highest BCUT2D eigenvalue weighted by molar-refractivity contribution is 5.99. The van der Waals surface area contributed by atoms with Crippen molar-refractivity contribution in [1.29, 1.82) is 0 Å².